The molecule has 1 aliphatic rings. The lowest BCUT2D eigenvalue weighted by molar-refractivity contribution is 0.0957. The van der Waals surface area contributed by atoms with Crippen molar-refractivity contribution in [1.82, 2.24) is 0 Å². The molecule has 0 N–H and O–H groups in total. The maximum absolute atomic E-state index is 2.55. The molecule has 0 heterocycles. The van der Waals surface area contributed by atoms with Crippen molar-refractivity contribution in [3.8, 4) is 0 Å². The van der Waals surface area contributed by atoms with Crippen molar-refractivity contribution < 1.29 is 0 Å². The van der Waals surface area contributed by atoms with Gasteiger partial charge >= 0.3 is 0 Å². The maximum atomic E-state index is 2.55. The molecule has 0 aromatic rings. The molecule has 0 spiro atoms. The predicted octanol–water partition coefficient (Wildman–Crippen LogP) is 10.8. The second kappa shape index (κ2) is 17.7. The van der Waals surface area contributed by atoms with E-state index in [2.05, 4.69) is 69.2 Å². The minimum Gasteiger partial charge on any atom is -0.0683 e. The SMILES string of the molecule is CC.CCC.CCCC(CC1CCC(CC)CC1C)C(CC(C)(C)CC)C(C)C. The van der Waals surface area contributed by atoms with Crippen LogP contribution >= 0.6 is 0 Å². The zero-order valence-corrected chi connectivity index (χ0v) is 23.0. The van der Waals surface area contributed by atoms with Crippen LogP contribution < -0.4 is 0 Å². The standard InChI is InChI=1S/C24H48.C3H8.C2H6/c1-9-12-22(23(18(4)5)17-24(7,8)11-3)16-21-14-13-20(10-2)15-19(21)6;1-3-2;1-2/h18-23H,9-17H2,1-8H3;3H2,1-2H3;1-2H3. The molecule has 1 saturated carbocycles. The van der Waals surface area contributed by atoms with Crippen LogP contribution in [0.2, 0.25) is 0 Å². The highest BCUT2D eigenvalue weighted by Crippen LogP contribution is 2.44. The third-order valence-corrected chi connectivity index (χ3v) is 7.51. The Morgan fingerprint density at radius 3 is 1.86 bits per heavy atom. The van der Waals surface area contributed by atoms with Crippen LogP contribution in [0.3, 0.4) is 0 Å². The van der Waals surface area contributed by atoms with Crippen LogP contribution in [0.25, 0.3) is 0 Å². The molecule has 0 heteroatoms. The van der Waals surface area contributed by atoms with Gasteiger partial charge in [-0.2, -0.15) is 0 Å². The summed E-state index contributed by atoms with van der Waals surface area (Å²) in [6.45, 7) is 27.9. The second-order valence-corrected chi connectivity index (χ2v) is 10.9. The van der Waals surface area contributed by atoms with Crippen LogP contribution in [0.15, 0.2) is 0 Å². The van der Waals surface area contributed by atoms with Gasteiger partial charge in [0.15, 0.2) is 0 Å². The molecule has 0 amide bonds. The summed E-state index contributed by atoms with van der Waals surface area (Å²) in [5.41, 5.74) is 0.506. The van der Waals surface area contributed by atoms with Gasteiger partial charge in [0.25, 0.3) is 0 Å². The molecule has 178 valence electrons. The Kier molecular flexibility index (Phi) is 19.0. The summed E-state index contributed by atoms with van der Waals surface area (Å²) in [4.78, 5) is 0. The van der Waals surface area contributed by atoms with E-state index >= 15 is 0 Å². The first-order chi connectivity index (χ1) is 13.6. The fourth-order valence-corrected chi connectivity index (χ4v) is 5.29. The van der Waals surface area contributed by atoms with Gasteiger partial charge in [-0.05, 0) is 66.6 Å². The van der Waals surface area contributed by atoms with Crippen LogP contribution in [0, 0.1) is 40.9 Å². The fraction of sp³-hybridized carbons (Fsp3) is 1.00. The zero-order valence-electron chi connectivity index (χ0n) is 23.0. The molecular formula is C29H62. The van der Waals surface area contributed by atoms with Gasteiger partial charge in [0.2, 0.25) is 0 Å². The van der Waals surface area contributed by atoms with Gasteiger partial charge in [-0.3, -0.25) is 0 Å². The van der Waals surface area contributed by atoms with Crippen molar-refractivity contribution in [3.63, 3.8) is 0 Å². The Bertz CT molecular complexity index is 340. The van der Waals surface area contributed by atoms with Crippen molar-refractivity contribution >= 4 is 0 Å². The average molecular weight is 411 g/mol. The minimum atomic E-state index is 0.506. The van der Waals surface area contributed by atoms with Crippen LogP contribution in [0.5, 0.6) is 0 Å². The highest BCUT2D eigenvalue weighted by atomic mass is 14.4. The largest absolute Gasteiger partial charge is 0.0683 e. The first kappa shape index (κ1) is 31.2. The van der Waals surface area contributed by atoms with E-state index in [-0.39, 0.29) is 0 Å². The number of hydrogen-bond acceptors (Lipinski definition) is 0. The van der Waals surface area contributed by atoms with Gasteiger partial charge < -0.3 is 0 Å². The van der Waals surface area contributed by atoms with Gasteiger partial charge in [-0.15, -0.1) is 0 Å². The van der Waals surface area contributed by atoms with Crippen molar-refractivity contribution in [2.45, 2.75) is 147 Å². The van der Waals surface area contributed by atoms with E-state index in [9.17, 15) is 0 Å². The van der Waals surface area contributed by atoms with E-state index in [1.165, 1.54) is 64.2 Å². The lowest BCUT2D eigenvalue weighted by Gasteiger charge is -2.41. The molecule has 0 radical (unpaired) electrons. The Labute approximate surface area is 188 Å². The topological polar surface area (TPSA) is 0 Å². The summed E-state index contributed by atoms with van der Waals surface area (Å²) < 4.78 is 0. The molecule has 0 bridgehead atoms. The van der Waals surface area contributed by atoms with E-state index in [4.69, 9.17) is 0 Å². The smallest absolute Gasteiger partial charge is 0.0354 e. The highest BCUT2D eigenvalue weighted by Gasteiger charge is 2.34. The maximum Gasteiger partial charge on any atom is -0.0354 e. The van der Waals surface area contributed by atoms with Crippen LogP contribution in [-0.2, 0) is 0 Å². The van der Waals surface area contributed by atoms with Crippen LogP contribution in [0.4, 0.5) is 0 Å². The first-order valence-electron chi connectivity index (χ1n) is 13.6. The normalized spacial score (nSPS) is 24.1. The summed E-state index contributed by atoms with van der Waals surface area (Å²) in [5, 5.41) is 0. The van der Waals surface area contributed by atoms with Crippen molar-refractivity contribution in [1.29, 1.82) is 0 Å². The van der Waals surface area contributed by atoms with Gasteiger partial charge in [-0.1, -0.05) is 122 Å². The average Bonchev–Trinajstić information content (AvgIpc) is 2.69. The summed E-state index contributed by atoms with van der Waals surface area (Å²) >= 11 is 0. The predicted molar refractivity (Wildman–Crippen MR) is 138 cm³/mol. The Balaban J connectivity index is 0. The summed E-state index contributed by atoms with van der Waals surface area (Å²) in [6.07, 6.45) is 14.2. The molecule has 0 aliphatic heterocycles. The monoisotopic (exact) mass is 410 g/mol. The summed E-state index contributed by atoms with van der Waals surface area (Å²) in [7, 11) is 0. The molecule has 0 nitrogen and oxygen atoms in total. The van der Waals surface area contributed by atoms with E-state index in [1.807, 2.05) is 13.8 Å². The van der Waals surface area contributed by atoms with E-state index in [1.54, 1.807) is 0 Å². The molecule has 1 fully saturated rings. The van der Waals surface area contributed by atoms with Gasteiger partial charge in [0.05, 0.1) is 0 Å². The number of hydrogen-bond donors (Lipinski definition) is 0. The minimum absolute atomic E-state index is 0.506. The molecule has 1 rings (SSSR count). The van der Waals surface area contributed by atoms with Crippen LogP contribution in [-0.4, -0.2) is 0 Å². The van der Waals surface area contributed by atoms with Crippen LogP contribution in [0.1, 0.15) is 147 Å². The third-order valence-electron chi connectivity index (χ3n) is 7.51. The molecule has 1 aliphatic carbocycles. The zero-order chi connectivity index (χ0) is 23.0. The van der Waals surface area contributed by atoms with E-state index in [0.717, 1.165) is 35.5 Å². The van der Waals surface area contributed by atoms with Crippen molar-refractivity contribution in [3.05, 3.63) is 0 Å². The van der Waals surface area contributed by atoms with Crippen molar-refractivity contribution in [2.75, 3.05) is 0 Å². The lowest BCUT2D eigenvalue weighted by atomic mass is 9.65. The first-order valence-corrected chi connectivity index (χ1v) is 13.6. The third kappa shape index (κ3) is 13.1. The summed E-state index contributed by atoms with van der Waals surface area (Å²) in [5.74, 6) is 5.66. The van der Waals surface area contributed by atoms with Gasteiger partial charge in [0, 0.05) is 0 Å². The van der Waals surface area contributed by atoms with Crippen molar-refractivity contribution in [2.24, 2.45) is 40.9 Å². The second-order valence-electron chi connectivity index (χ2n) is 10.9. The Morgan fingerprint density at radius 1 is 0.931 bits per heavy atom. The molecular weight excluding hydrogens is 348 g/mol. The molecule has 0 aromatic carbocycles. The summed E-state index contributed by atoms with van der Waals surface area (Å²) in [6, 6.07) is 0. The highest BCUT2D eigenvalue weighted by molar-refractivity contribution is 4.84. The molecule has 0 saturated heterocycles. The quantitative estimate of drug-likeness (QED) is 0.336. The van der Waals surface area contributed by atoms with Gasteiger partial charge in [-0.25, -0.2) is 0 Å². The number of rotatable bonds is 10. The molecule has 29 heavy (non-hydrogen) atoms. The fourth-order valence-electron chi connectivity index (χ4n) is 5.29. The molecule has 0 aromatic heterocycles. The molecule has 5 atom stereocenters. The van der Waals surface area contributed by atoms with E-state index in [0.29, 0.717) is 5.41 Å². The Hall–Kier alpha value is 0. The van der Waals surface area contributed by atoms with E-state index < -0.39 is 0 Å². The molecule has 5 unspecified atom stereocenters. The Morgan fingerprint density at radius 2 is 1.48 bits per heavy atom. The lowest BCUT2D eigenvalue weighted by Crippen LogP contribution is -2.31. The van der Waals surface area contributed by atoms with Gasteiger partial charge in [0.1, 0.15) is 0 Å².